The summed E-state index contributed by atoms with van der Waals surface area (Å²) in [4.78, 5) is 30.5. The maximum Gasteiger partial charge on any atom is 0.345 e. The summed E-state index contributed by atoms with van der Waals surface area (Å²) < 4.78 is 3.30. The number of carbonyl (C=O) groups is 1. The zero-order valence-electron chi connectivity index (χ0n) is 15.1. The lowest BCUT2D eigenvalue weighted by Crippen LogP contribution is -2.36. The highest BCUT2D eigenvalue weighted by molar-refractivity contribution is 7.20. The van der Waals surface area contributed by atoms with Gasteiger partial charge in [-0.2, -0.15) is 5.10 Å². The number of aryl methyl sites for hydroxylation is 2. The summed E-state index contributed by atoms with van der Waals surface area (Å²) in [5, 5.41) is 12.2. The zero-order valence-corrected chi connectivity index (χ0v) is 16.7. The summed E-state index contributed by atoms with van der Waals surface area (Å²) in [5.74, 6) is 0.667. The maximum atomic E-state index is 12.6. The van der Waals surface area contributed by atoms with Crippen molar-refractivity contribution in [2.75, 3.05) is 0 Å². The van der Waals surface area contributed by atoms with Crippen LogP contribution in [0.5, 0.6) is 0 Å². The summed E-state index contributed by atoms with van der Waals surface area (Å²) in [6.07, 6.45) is 3.07. The molecule has 0 aliphatic carbocycles. The Hall–Kier alpha value is -2.26. The number of fused-ring (bicyclic) bond motifs is 1. The van der Waals surface area contributed by atoms with Crippen molar-refractivity contribution in [1.82, 2.24) is 24.6 Å². The number of hydrogen-bond donors (Lipinski definition) is 1. The molecular formula is C18H21N5O2S2. The van der Waals surface area contributed by atoms with E-state index in [9.17, 15) is 9.59 Å². The van der Waals surface area contributed by atoms with Gasteiger partial charge in [-0.3, -0.25) is 9.36 Å². The van der Waals surface area contributed by atoms with Gasteiger partial charge >= 0.3 is 5.69 Å². The third kappa shape index (κ3) is 3.74. The molecule has 1 N–H and O–H groups in total. The number of amides is 1. The number of hydrogen-bond acceptors (Lipinski definition) is 6. The quantitative estimate of drug-likeness (QED) is 0.710. The van der Waals surface area contributed by atoms with Gasteiger partial charge in [0.15, 0.2) is 0 Å². The highest BCUT2D eigenvalue weighted by Gasteiger charge is 2.23. The van der Waals surface area contributed by atoms with Crippen molar-refractivity contribution < 1.29 is 4.79 Å². The second-order valence-corrected chi connectivity index (χ2v) is 8.39. The first-order valence-electron chi connectivity index (χ1n) is 9.12. The van der Waals surface area contributed by atoms with Crippen LogP contribution < -0.4 is 11.0 Å². The minimum Gasteiger partial charge on any atom is -0.348 e. The van der Waals surface area contributed by atoms with Gasteiger partial charge in [0.05, 0.1) is 4.88 Å². The normalized spacial score (nSPS) is 16.7. The van der Waals surface area contributed by atoms with E-state index in [4.69, 9.17) is 0 Å². The molecule has 1 atom stereocenters. The van der Waals surface area contributed by atoms with E-state index in [1.54, 1.807) is 26.0 Å². The molecule has 0 radical (unpaired) electrons. The summed E-state index contributed by atoms with van der Waals surface area (Å²) in [6.45, 7) is 3.26. The predicted molar refractivity (Wildman–Crippen MR) is 106 cm³/mol. The van der Waals surface area contributed by atoms with Gasteiger partial charge < -0.3 is 5.32 Å². The van der Waals surface area contributed by atoms with Crippen LogP contribution in [-0.2, 0) is 19.5 Å². The molecule has 0 bridgehead atoms. The minimum absolute atomic E-state index is 0.0186. The zero-order chi connectivity index (χ0) is 18.8. The number of aromatic nitrogens is 4. The van der Waals surface area contributed by atoms with Crippen molar-refractivity contribution in [1.29, 1.82) is 0 Å². The fraction of sp³-hybridized carbons (Fsp3) is 0.444. The first-order chi connectivity index (χ1) is 13.2. The first kappa shape index (κ1) is 18.1. The lowest BCUT2D eigenvalue weighted by Gasteiger charge is -2.15. The third-order valence-electron chi connectivity index (χ3n) is 4.66. The Morgan fingerprint density at radius 1 is 1.37 bits per heavy atom. The lowest BCUT2D eigenvalue weighted by atomic mass is 10.1. The van der Waals surface area contributed by atoms with E-state index in [1.165, 1.54) is 11.3 Å². The van der Waals surface area contributed by atoms with E-state index in [1.807, 2.05) is 24.4 Å². The molecule has 142 valence electrons. The summed E-state index contributed by atoms with van der Waals surface area (Å²) in [6, 6.07) is 4.00. The number of rotatable bonds is 5. The highest BCUT2D eigenvalue weighted by atomic mass is 32.1. The topological polar surface area (TPSA) is 81.8 Å². The molecule has 4 rings (SSSR count). The van der Waals surface area contributed by atoms with E-state index >= 15 is 0 Å². The van der Waals surface area contributed by atoms with Crippen molar-refractivity contribution in [3.63, 3.8) is 0 Å². The third-order valence-corrected chi connectivity index (χ3v) is 6.54. The number of nitrogens with zero attached hydrogens (tertiary/aromatic N) is 4. The molecule has 1 unspecified atom stereocenters. The molecule has 1 aliphatic rings. The van der Waals surface area contributed by atoms with Gasteiger partial charge in [0, 0.05) is 30.9 Å². The smallest absolute Gasteiger partial charge is 0.345 e. The van der Waals surface area contributed by atoms with Crippen molar-refractivity contribution in [2.45, 2.75) is 51.7 Å². The number of carbonyl (C=O) groups excluding carboxylic acids is 1. The van der Waals surface area contributed by atoms with Crippen LogP contribution in [0.1, 0.15) is 42.5 Å². The van der Waals surface area contributed by atoms with E-state index < -0.39 is 0 Å². The van der Waals surface area contributed by atoms with Gasteiger partial charge in [-0.1, -0.05) is 13.0 Å². The molecule has 1 amide bonds. The highest BCUT2D eigenvalue weighted by Crippen LogP contribution is 2.27. The number of thiophene rings is 1. The van der Waals surface area contributed by atoms with Crippen LogP contribution in [0.25, 0.3) is 9.88 Å². The van der Waals surface area contributed by atoms with Gasteiger partial charge in [-0.25, -0.2) is 14.5 Å². The van der Waals surface area contributed by atoms with Gasteiger partial charge in [-0.15, -0.1) is 22.7 Å². The monoisotopic (exact) mass is 403 g/mol. The van der Waals surface area contributed by atoms with Crippen molar-refractivity contribution in [3.8, 4) is 9.88 Å². The average molecular weight is 404 g/mol. The summed E-state index contributed by atoms with van der Waals surface area (Å²) >= 11 is 3.10. The Morgan fingerprint density at radius 3 is 3.04 bits per heavy atom. The van der Waals surface area contributed by atoms with Crippen LogP contribution >= 0.6 is 22.7 Å². The van der Waals surface area contributed by atoms with Gasteiger partial charge in [-0.05, 0) is 30.7 Å². The van der Waals surface area contributed by atoms with Crippen LogP contribution in [0, 0.1) is 0 Å². The number of nitrogens with one attached hydrogen (secondary N) is 1. The summed E-state index contributed by atoms with van der Waals surface area (Å²) in [5.41, 5.74) is 0.412. The van der Waals surface area contributed by atoms with Crippen LogP contribution in [0.15, 0.2) is 27.7 Å². The largest absolute Gasteiger partial charge is 0.348 e. The Morgan fingerprint density at radius 2 is 2.26 bits per heavy atom. The second kappa shape index (κ2) is 7.77. The molecule has 3 aromatic heterocycles. The molecular weight excluding hydrogens is 382 g/mol. The Bertz CT molecular complexity index is 986. The Labute approximate surface area is 164 Å². The van der Waals surface area contributed by atoms with Crippen molar-refractivity contribution in [2.24, 2.45) is 0 Å². The molecule has 0 aromatic carbocycles. The molecule has 0 fully saturated rings. The number of thiazole rings is 1. The van der Waals surface area contributed by atoms with E-state index in [-0.39, 0.29) is 17.6 Å². The maximum absolute atomic E-state index is 12.6. The average Bonchev–Trinajstić information content (AvgIpc) is 3.37. The second-order valence-electron chi connectivity index (χ2n) is 6.59. The van der Waals surface area contributed by atoms with Crippen LogP contribution in [0.2, 0.25) is 0 Å². The molecule has 27 heavy (non-hydrogen) atoms. The van der Waals surface area contributed by atoms with E-state index in [0.717, 1.165) is 35.0 Å². The van der Waals surface area contributed by atoms with E-state index in [0.29, 0.717) is 25.2 Å². The van der Waals surface area contributed by atoms with Gasteiger partial charge in [0.2, 0.25) is 0 Å². The molecule has 9 heteroatoms. The van der Waals surface area contributed by atoms with Gasteiger partial charge in [0.25, 0.3) is 5.91 Å². The molecule has 7 nitrogen and oxygen atoms in total. The summed E-state index contributed by atoms with van der Waals surface area (Å²) in [7, 11) is 0. The molecule has 0 saturated heterocycles. The Kier molecular flexibility index (Phi) is 5.22. The standard InChI is InChI=1S/C18H21N5O2S2/c1-2-8-23-18(25)22-9-7-12(5-6-15(22)21-23)19-16(24)13-11-27-17(20-13)14-4-3-10-26-14/h3-4,10-12H,2,5-9H2,1H3,(H,19,24). The minimum atomic E-state index is -0.151. The van der Waals surface area contributed by atoms with Crippen molar-refractivity contribution >= 4 is 28.6 Å². The molecule has 4 heterocycles. The fourth-order valence-corrected chi connectivity index (χ4v) is 4.89. The van der Waals surface area contributed by atoms with Crippen molar-refractivity contribution in [3.05, 3.63) is 44.9 Å². The molecule has 0 spiro atoms. The fourth-order valence-electron chi connectivity index (χ4n) is 3.28. The van der Waals surface area contributed by atoms with Crippen LogP contribution in [-0.4, -0.2) is 31.3 Å². The lowest BCUT2D eigenvalue weighted by molar-refractivity contribution is 0.0928. The van der Waals surface area contributed by atoms with Crippen LogP contribution in [0.3, 0.4) is 0 Å². The van der Waals surface area contributed by atoms with Gasteiger partial charge in [0.1, 0.15) is 16.5 Å². The SMILES string of the molecule is CCCn1nc2n(c1=O)CCC(NC(=O)c1csc(-c3cccs3)n1)CC2. The predicted octanol–water partition coefficient (Wildman–Crippen LogP) is 2.77. The van der Waals surface area contributed by atoms with E-state index in [2.05, 4.69) is 15.4 Å². The first-order valence-corrected chi connectivity index (χ1v) is 10.9. The van der Waals surface area contributed by atoms with Crippen LogP contribution in [0.4, 0.5) is 0 Å². The molecule has 0 saturated carbocycles. The molecule has 1 aliphatic heterocycles. The Balaban J connectivity index is 1.41. The molecule has 3 aromatic rings.